The number of aryl methyl sites for hydroxylation is 1. The van der Waals surface area contributed by atoms with Gasteiger partial charge in [-0.25, -0.2) is 0 Å². The lowest BCUT2D eigenvalue weighted by molar-refractivity contribution is 0.242. The number of ether oxygens (including phenoxy) is 1. The molecular weight excluding hydrogens is 344 g/mol. The minimum absolute atomic E-state index is 0.131. The second-order valence-corrected chi connectivity index (χ2v) is 6.90. The third-order valence-corrected chi connectivity index (χ3v) is 5.77. The maximum Gasteiger partial charge on any atom is 0.119 e. The molecule has 0 aliphatic rings. The topological polar surface area (TPSA) is 9.23 Å². The van der Waals surface area contributed by atoms with Crippen LogP contribution < -0.4 is 4.74 Å². The number of hydrogen-bond donors (Lipinski definition) is 0. The van der Waals surface area contributed by atoms with Crippen LogP contribution in [0.4, 0.5) is 0 Å². The summed E-state index contributed by atoms with van der Waals surface area (Å²) in [5.41, 5.74) is 2.31. The summed E-state index contributed by atoms with van der Waals surface area (Å²) in [5.74, 6) is 0.895. The highest BCUT2D eigenvalue weighted by Gasteiger charge is 2.17. The second kappa shape index (κ2) is 6.29. The highest BCUT2D eigenvalue weighted by Crippen LogP contribution is 2.40. The van der Waals surface area contributed by atoms with Crippen LogP contribution in [0, 0.1) is 6.92 Å². The quantitative estimate of drug-likeness (QED) is 0.610. The van der Waals surface area contributed by atoms with E-state index >= 15 is 0 Å². The summed E-state index contributed by atoms with van der Waals surface area (Å²) >= 11 is 11.7. The molecule has 0 bridgehead atoms. The molecule has 1 unspecified atom stereocenters. The van der Waals surface area contributed by atoms with E-state index in [1.165, 1.54) is 5.56 Å². The third kappa shape index (κ3) is 3.53. The molecular formula is C15H16BrClOS. The molecule has 2 rings (SSSR count). The lowest BCUT2D eigenvalue weighted by Crippen LogP contribution is -2.05. The Morgan fingerprint density at radius 1 is 1.21 bits per heavy atom. The maximum atomic E-state index is 6.31. The van der Waals surface area contributed by atoms with Crippen LogP contribution in [0.3, 0.4) is 0 Å². The van der Waals surface area contributed by atoms with Crippen LogP contribution in [-0.2, 0) is 0 Å². The smallest absolute Gasteiger partial charge is 0.119 e. The summed E-state index contributed by atoms with van der Waals surface area (Å²) < 4.78 is 5.64. The molecule has 1 nitrogen and oxygen atoms in total. The van der Waals surface area contributed by atoms with Gasteiger partial charge in [0.25, 0.3) is 0 Å². The Morgan fingerprint density at radius 2 is 1.84 bits per heavy atom. The summed E-state index contributed by atoms with van der Waals surface area (Å²) in [6, 6.07) is 8.14. The molecule has 1 aromatic heterocycles. The molecule has 0 amide bonds. The molecule has 0 spiro atoms. The van der Waals surface area contributed by atoms with Crippen molar-refractivity contribution in [1.29, 1.82) is 0 Å². The van der Waals surface area contributed by atoms with Gasteiger partial charge >= 0.3 is 0 Å². The van der Waals surface area contributed by atoms with E-state index in [2.05, 4.69) is 33.4 Å². The first-order valence-electron chi connectivity index (χ1n) is 6.13. The predicted molar refractivity (Wildman–Crippen MR) is 87.0 cm³/mol. The molecule has 2 aromatic rings. The monoisotopic (exact) mass is 358 g/mol. The molecule has 19 heavy (non-hydrogen) atoms. The fourth-order valence-electron chi connectivity index (χ4n) is 1.76. The molecule has 1 atom stereocenters. The highest BCUT2D eigenvalue weighted by molar-refractivity contribution is 9.09. The van der Waals surface area contributed by atoms with E-state index in [4.69, 9.17) is 16.3 Å². The first-order chi connectivity index (χ1) is 8.99. The van der Waals surface area contributed by atoms with Crippen LogP contribution in [0.2, 0.25) is 5.02 Å². The molecule has 0 saturated carbocycles. The lowest BCUT2D eigenvalue weighted by Gasteiger charge is -2.12. The van der Waals surface area contributed by atoms with Crippen molar-refractivity contribution in [3.05, 3.63) is 50.7 Å². The van der Waals surface area contributed by atoms with Gasteiger partial charge in [0.1, 0.15) is 5.75 Å². The minimum Gasteiger partial charge on any atom is -0.491 e. The standard InChI is InChI=1S/C15H16BrClOS/c1-9(2)18-12-6-4-11(5-7-12)13(16)15-14(17)10(3)8-19-15/h4-9,13H,1-3H3. The summed E-state index contributed by atoms with van der Waals surface area (Å²) in [6.45, 7) is 6.08. The number of halogens is 2. The van der Waals surface area contributed by atoms with Crippen molar-refractivity contribution < 1.29 is 4.74 Å². The average Bonchev–Trinajstić information content (AvgIpc) is 2.69. The number of alkyl halides is 1. The number of rotatable bonds is 4. The Kier molecular flexibility index (Phi) is 4.93. The molecule has 0 aliphatic heterocycles. The van der Waals surface area contributed by atoms with E-state index in [0.29, 0.717) is 0 Å². The summed E-state index contributed by atoms with van der Waals surface area (Å²) in [5, 5.41) is 2.94. The van der Waals surface area contributed by atoms with Gasteiger partial charge in [0, 0.05) is 4.88 Å². The van der Waals surface area contributed by atoms with Crippen molar-refractivity contribution in [3.8, 4) is 5.75 Å². The predicted octanol–water partition coefficient (Wildman–Crippen LogP) is 5.98. The normalized spacial score (nSPS) is 12.7. The van der Waals surface area contributed by atoms with Crippen LogP contribution in [-0.4, -0.2) is 6.10 Å². The van der Waals surface area contributed by atoms with Gasteiger partial charge in [-0.1, -0.05) is 39.7 Å². The van der Waals surface area contributed by atoms with Crippen LogP contribution in [0.5, 0.6) is 5.75 Å². The van der Waals surface area contributed by atoms with Gasteiger partial charge in [-0.15, -0.1) is 11.3 Å². The first-order valence-corrected chi connectivity index (χ1v) is 8.30. The zero-order valence-electron chi connectivity index (χ0n) is 11.1. The van der Waals surface area contributed by atoms with Gasteiger partial charge in [0.2, 0.25) is 0 Å². The fraction of sp³-hybridized carbons (Fsp3) is 0.333. The molecule has 0 radical (unpaired) electrons. The number of benzene rings is 1. The van der Waals surface area contributed by atoms with Gasteiger partial charge in [0.15, 0.2) is 0 Å². The van der Waals surface area contributed by atoms with Crippen molar-refractivity contribution in [1.82, 2.24) is 0 Å². The van der Waals surface area contributed by atoms with Crippen molar-refractivity contribution in [2.45, 2.75) is 31.7 Å². The van der Waals surface area contributed by atoms with E-state index in [-0.39, 0.29) is 10.9 Å². The van der Waals surface area contributed by atoms with Crippen LogP contribution in [0.15, 0.2) is 29.6 Å². The molecule has 0 aliphatic carbocycles. The Morgan fingerprint density at radius 3 is 2.32 bits per heavy atom. The second-order valence-electron chi connectivity index (χ2n) is 4.70. The van der Waals surface area contributed by atoms with Gasteiger partial charge in [0.05, 0.1) is 16.0 Å². The van der Waals surface area contributed by atoms with E-state index < -0.39 is 0 Å². The molecule has 0 N–H and O–H groups in total. The number of thiophene rings is 1. The third-order valence-electron chi connectivity index (χ3n) is 2.70. The molecule has 0 fully saturated rings. The average molecular weight is 360 g/mol. The Bertz CT molecular complexity index is 548. The van der Waals surface area contributed by atoms with Crippen molar-refractivity contribution in [2.24, 2.45) is 0 Å². The molecule has 1 heterocycles. The first kappa shape index (κ1) is 14.9. The van der Waals surface area contributed by atoms with Gasteiger partial charge in [-0.2, -0.15) is 0 Å². The largest absolute Gasteiger partial charge is 0.491 e. The van der Waals surface area contributed by atoms with E-state index in [0.717, 1.165) is 21.2 Å². The van der Waals surface area contributed by atoms with Crippen molar-refractivity contribution in [2.75, 3.05) is 0 Å². The Labute approximate surface area is 131 Å². The van der Waals surface area contributed by atoms with E-state index in [9.17, 15) is 0 Å². The Balaban J connectivity index is 2.20. The zero-order chi connectivity index (χ0) is 14.0. The molecule has 1 aromatic carbocycles. The van der Waals surface area contributed by atoms with Crippen molar-refractivity contribution in [3.63, 3.8) is 0 Å². The van der Waals surface area contributed by atoms with Crippen LogP contribution in [0.1, 0.15) is 34.7 Å². The summed E-state index contributed by atoms with van der Waals surface area (Å²) in [4.78, 5) is 1.28. The maximum absolute atomic E-state index is 6.31. The van der Waals surface area contributed by atoms with E-state index in [1.54, 1.807) is 11.3 Å². The van der Waals surface area contributed by atoms with Gasteiger partial charge in [-0.05, 0) is 49.4 Å². The molecule has 102 valence electrons. The zero-order valence-corrected chi connectivity index (χ0v) is 14.3. The van der Waals surface area contributed by atoms with Crippen molar-refractivity contribution >= 4 is 38.9 Å². The highest BCUT2D eigenvalue weighted by atomic mass is 79.9. The van der Waals surface area contributed by atoms with Crippen LogP contribution in [0.25, 0.3) is 0 Å². The minimum atomic E-state index is 0.131. The summed E-state index contributed by atoms with van der Waals surface area (Å²) in [7, 11) is 0. The SMILES string of the molecule is Cc1csc(C(Br)c2ccc(OC(C)C)cc2)c1Cl. The van der Waals surface area contributed by atoms with Gasteiger partial charge < -0.3 is 4.74 Å². The Hall–Kier alpha value is -0.510. The fourth-order valence-corrected chi connectivity index (χ4v) is 4.05. The van der Waals surface area contributed by atoms with Gasteiger partial charge in [-0.3, -0.25) is 0 Å². The van der Waals surface area contributed by atoms with Crippen LogP contribution >= 0.6 is 38.9 Å². The summed E-state index contributed by atoms with van der Waals surface area (Å²) in [6.07, 6.45) is 0.194. The lowest BCUT2D eigenvalue weighted by atomic mass is 10.1. The van der Waals surface area contributed by atoms with E-state index in [1.807, 2.05) is 32.9 Å². The number of hydrogen-bond acceptors (Lipinski definition) is 2. The molecule has 4 heteroatoms. The molecule has 0 saturated heterocycles.